The maximum atomic E-state index is 2.50. The SMILES string of the molecule is CC1CCC2CC(C)C(C)C2C1C. The molecule has 2 fully saturated rings. The van der Waals surface area contributed by atoms with Crippen molar-refractivity contribution in [2.24, 2.45) is 35.5 Å². The summed E-state index contributed by atoms with van der Waals surface area (Å²) in [7, 11) is 0. The van der Waals surface area contributed by atoms with Crippen LogP contribution in [0.15, 0.2) is 0 Å². The number of hydrogen-bond donors (Lipinski definition) is 0. The molecule has 0 aliphatic heterocycles. The van der Waals surface area contributed by atoms with E-state index >= 15 is 0 Å². The summed E-state index contributed by atoms with van der Waals surface area (Å²) in [6.07, 6.45) is 4.52. The van der Waals surface area contributed by atoms with Gasteiger partial charge in [0.05, 0.1) is 0 Å². The van der Waals surface area contributed by atoms with Gasteiger partial charge in [-0.25, -0.2) is 0 Å². The standard InChI is InChI=1S/C13H24/c1-8-5-6-12-7-9(2)11(4)13(12)10(8)3/h8-13H,5-7H2,1-4H3. The Morgan fingerprint density at radius 3 is 2.08 bits per heavy atom. The van der Waals surface area contributed by atoms with Gasteiger partial charge in [0.2, 0.25) is 0 Å². The Labute approximate surface area is 83.1 Å². The first-order valence-electron chi connectivity index (χ1n) is 6.11. The molecule has 0 nitrogen and oxygen atoms in total. The molecule has 6 atom stereocenters. The van der Waals surface area contributed by atoms with Crippen molar-refractivity contribution in [3.05, 3.63) is 0 Å². The smallest absolute Gasteiger partial charge is 0.0329 e. The molecule has 0 radical (unpaired) electrons. The van der Waals surface area contributed by atoms with Gasteiger partial charge in [-0.2, -0.15) is 0 Å². The second kappa shape index (κ2) is 3.29. The monoisotopic (exact) mass is 180 g/mol. The molecule has 2 saturated carbocycles. The average molecular weight is 180 g/mol. The van der Waals surface area contributed by atoms with E-state index in [2.05, 4.69) is 27.7 Å². The molecule has 13 heavy (non-hydrogen) atoms. The van der Waals surface area contributed by atoms with Crippen LogP contribution in [0, 0.1) is 35.5 Å². The normalized spacial score (nSPS) is 56.3. The highest BCUT2D eigenvalue weighted by atomic mass is 14.5. The van der Waals surface area contributed by atoms with Crippen molar-refractivity contribution in [1.82, 2.24) is 0 Å². The molecule has 0 aromatic carbocycles. The molecule has 0 aromatic rings. The van der Waals surface area contributed by atoms with Crippen LogP contribution in [0.2, 0.25) is 0 Å². The van der Waals surface area contributed by atoms with Crippen molar-refractivity contribution in [3.63, 3.8) is 0 Å². The van der Waals surface area contributed by atoms with Crippen LogP contribution >= 0.6 is 0 Å². The van der Waals surface area contributed by atoms with Crippen LogP contribution in [-0.4, -0.2) is 0 Å². The maximum absolute atomic E-state index is 2.50. The van der Waals surface area contributed by atoms with Crippen LogP contribution in [0.5, 0.6) is 0 Å². The Bertz CT molecular complexity index is 182. The van der Waals surface area contributed by atoms with E-state index in [4.69, 9.17) is 0 Å². The fourth-order valence-corrected chi connectivity index (χ4v) is 4.00. The maximum Gasteiger partial charge on any atom is -0.0329 e. The van der Waals surface area contributed by atoms with Gasteiger partial charge in [-0.05, 0) is 48.3 Å². The van der Waals surface area contributed by atoms with E-state index in [1.54, 1.807) is 0 Å². The summed E-state index contributed by atoms with van der Waals surface area (Å²) < 4.78 is 0. The molecule has 76 valence electrons. The van der Waals surface area contributed by atoms with Crippen LogP contribution in [0.4, 0.5) is 0 Å². The number of rotatable bonds is 0. The number of fused-ring (bicyclic) bond motifs is 1. The van der Waals surface area contributed by atoms with Crippen LogP contribution < -0.4 is 0 Å². The van der Waals surface area contributed by atoms with Crippen LogP contribution in [-0.2, 0) is 0 Å². The first kappa shape index (κ1) is 9.55. The van der Waals surface area contributed by atoms with Crippen molar-refractivity contribution in [2.75, 3.05) is 0 Å². The fourth-order valence-electron chi connectivity index (χ4n) is 4.00. The Hall–Kier alpha value is 0. The van der Waals surface area contributed by atoms with E-state index in [1.807, 2.05) is 0 Å². The Kier molecular flexibility index (Phi) is 2.42. The van der Waals surface area contributed by atoms with E-state index in [1.165, 1.54) is 19.3 Å². The highest BCUT2D eigenvalue weighted by Crippen LogP contribution is 2.52. The van der Waals surface area contributed by atoms with Gasteiger partial charge in [0.1, 0.15) is 0 Å². The Balaban J connectivity index is 2.14. The summed E-state index contributed by atoms with van der Waals surface area (Å²) in [6, 6.07) is 0. The predicted octanol–water partition coefficient (Wildman–Crippen LogP) is 3.96. The van der Waals surface area contributed by atoms with Gasteiger partial charge in [-0.15, -0.1) is 0 Å². The molecule has 2 aliphatic carbocycles. The van der Waals surface area contributed by atoms with Crippen LogP contribution in [0.25, 0.3) is 0 Å². The second-order valence-corrected chi connectivity index (χ2v) is 5.82. The lowest BCUT2D eigenvalue weighted by Gasteiger charge is -2.38. The molecule has 0 amide bonds. The first-order chi connectivity index (χ1) is 6.11. The van der Waals surface area contributed by atoms with E-state index in [0.717, 1.165) is 35.5 Å². The topological polar surface area (TPSA) is 0 Å². The summed E-state index contributed by atoms with van der Waals surface area (Å²) in [4.78, 5) is 0. The zero-order valence-electron chi connectivity index (χ0n) is 9.59. The van der Waals surface area contributed by atoms with Crippen LogP contribution in [0.1, 0.15) is 47.0 Å². The molecular formula is C13H24. The lowest BCUT2D eigenvalue weighted by molar-refractivity contribution is 0.107. The van der Waals surface area contributed by atoms with Gasteiger partial charge in [0, 0.05) is 0 Å². The highest BCUT2D eigenvalue weighted by molar-refractivity contribution is 4.93. The summed E-state index contributed by atoms with van der Waals surface area (Å²) in [6.45, 7) is 9.90. The van der Waals surface area contributed by atoms with Gasteiger partial charge in [-0.3, -0.25) is 0 Å². The predicted molar refractivity (Wildman–Crippen MR) is 57.5 cm³/mol. The van der Waals surface area contributed by atoms with Crippen molar-refractivity contribution in [3.8, 4) is 0 Å². The minimum Gasteiger partial charge on any atom is -0.0622 e. The second-order valence-electron chi connectivity index (χ2n) is 5.82. The molecule has 0 saturated heterocycles. The molecule has 0 spiro atoms. The van der Waals surface area contributed by atoms with Crippen molar-refractivity contribution >= 4 is 0 Å². The molecule has 0 bridgehead atoms. The summed E-state index contributed by atoms with van der Waals surface area (Å²) in [5.41, 5.74) is 0. The van der Waals surface area contributed by atoms with E-state index in [0.29, 0.717) is 0 Å². The summed E-state index contributed by atoms with van der Waals surface area (Å²) in [5.74, 6) is 6.08. The number of hydrogen-bond acceptors (Lipinski definition) is 0. The Morgan fingerprint density at radius 2 is 1.38 bits per heavy atom. The van der Waals surface area contributed by atoms with E-state index in [9.17, 15) is 0 Å². The molecule has 6 unspecified atom stereocenters. The lowest BCUT2D eigenvalue weighted by Crippen LogP contribution is -2.31. The third kappa shape index (κ3) is 1.43. The molecule has 0 heteroatoms. The molecular weight excluding hydrogens is 156 g/mol. The zero-order valence-corrected chi connectivity index (χ0v) is 9.59. The third-order valence-electron chi connectivity index (χ3n) is 5.22. The Morgan fingerprint density at radius 1 is 0.769 bits per heavy atom. The quantitative estimate of drug-likeness (QED) is 0.529. The van der Waals surface area contributed by atoms with Crippen molar-refractivity contribution < 1.29 is 0 Å². The fraction of sp³-hybridized carbons (Fsp3) is 1.00. The summed E-state index contributed by atoms with van der Waals surface area (Å²) >= 11 is 0. The van der Waals surface area contributed by atoms with Gasteiger partial charge in [0.25, 0.3) is 0 Å². The summed E-state index contributed by atoms with van der Waals surface area (Å²) in [5, 5.41) is 0. The van der Waals surface area contributed by atoms with Gasteiger partial charge in [0.15, 0.2) is 0 Å². The van der Waals surface area contributed by atoms with Crippen LogP contribution in [0.3, 0.4) is 0 Å². The molecule has 0 aromatic heterocycles. The third-order valence-corrected chi connectivity index (χ3v) is 5.22. The zero-order chi connectivity index (χ0) is 9.59. The van der Waals surface area contributed by atoms with Crippen molar-refractivity contribution in [2.45, 2.75) is 47.0 Å². The van der Waals surface area contributed by atoms with Gasteiger partial charge < -0.3 is 0 Å². The molecule has 0 heterocycles. The minimum atomic E-state index is 0.981. The van der Waals surface area contributed by atoms with Crippen molar-refractivity contribution in [1.29, 1.82) is 0 Å². The van der Waals surface area contributed by atoms with E-state index in [-0.39, 0.29) is 0 Å². The molecule has 0 N–H and O–H groups in total. The molecule has 2 aliphatic rings. The first-order valence-corrected chi connectivity index (χ1v) is 6.11. The highest BCUT2D eigenvalue weighted by Gasteiger charge is 2.44. The van der Waals surface area contributed by atoms with Gasteiger partial charge in [-0.1, -0.05) is 34.1 Å². The van der Waals surface area contributed by atoms with Gasteiger partial charge >= 0.3 is 0 Å². The average Bonchev–Trinajstić information content (AvgIpc) is 2.37. The van der Waals surface area contributed by atoms with E-state index < -0.39 is 0 Å². The largest absolute Gasteiger partial charge is 0.0622 e. The molecule has 2 rings (SSSR count). The minimum absolute atomic E-state index is 0.981. The lowest BCUT2D eigenvalue weighted by atomic mass is 9.67.